The van der Waals surface area contributed by atoms with Crippen LogP contribution in [0.5, 0.6) is 5.75 Å². The van der Waals surface area contributed by atoms with Crippen LogP contribution in [0.15, 0.2) is 103 Å². The molecule has 0 aliphatic rings. The number of benzene rings is 4. The average molecular weight is 650 g/mol. The average Bonchev–Trinajstić information content (AvgIpc) is 3.04. The molecule has 0 aliphatic heterocycles. The molecule has 4 aromatic rings. The van der Waals surface area contributed by atoms with Crippen molar-refractivity contribution in [3.8, 4) is 16.9 Å². The fraction of sp³-hybridized carbons (Fsp3) is 0.381. The maximum absolute atomic E-state index is 12.8. The second-order valence-corrected chi connectivity index (χ2v) is 14.2. The summed E-state index contributed by atoms with van der Waals surface area (Å²) in [7, 11) is 0. The molecule has 6 nitrogen and oxygen atoms in total. The molecule has 6 heteroatoms. The molecule has 254 valence electrons. The lowest BCUT2D eigenvalue weighted by atomic mass is 10.0. The Labute approximate surface area is 287 Å². The van der Waals surface area contributed by atoms with Gasteiger partial charge in [0.1, 0.15) is 23.6 Å². The number of carbonyl (C=O) groups excluding carboxylic acids is 2. The first kappa shape index (κ1) is 36.4. The van der Waals surface area contributed by atoms with Gasteiger partial charge in [0.15, 0.2) is 0 Å². The van der Waals surface area contributed by atoms with E-state index in [4.69, 9.17) is 14.2 Å². The third kappa shape index (κ3) is 12.6. The molecule has 0 saturated carbocycles. The number of ether oxygens (including phenoxy) is 3. The predicted octanol–water partition coefficient (Wildman–Crippen LogP) is 9.44. The Hall–Kier alpha value is -4.42. The highest BCUT2D eigenvalue weighted by Crippen LogP contribution is 2.23. The molecule has 0 saturated heterocycles. The molecule has 0 radical (unpaired) electrons. The smallest absolute Gasteiger partial charge is 0.338 e. The van der Waals surface area contributed by atoms with Crippen LogP contribution in [0.1, 0.15) is 87.9 Å². The molecule has 0 fully saturated rings. The van der Waals surface area contributed by atoms with Gasteiger partial charge in [0, 0.05) is 19.5 Å². The molecule has 0 atom stereocenters. The number of esters is 2. The lowest BCUT2D eigenvalue weighted by Crippen LogP contribution is -2.28. The minimum Gasteiger partial charge on any atom is -0.489 e. The van der Waals surface area contributed by atoms with Gasteiger partial charge in [-0.1, -0.05) is 84.9 Å². The lowest BCUT2D eigenvalue weighted by molar-refractivity contribution is -0.154. The van der Waals surface area contributed by atoms with E-state index in [2.05, 4.69) is 59.5 Å². The van der Waals surface area contributed by atoms with Gasteiger partial charge in [0.05, 0.1) is 5.56 Å². The number of hydrogen-bond donors (Lipinski definition) is 0. The van der Waals surface area contributed by atoms with Gasteiger partial charge in [-0.05, 0) is 113 Å². The number of carbonyl (C=O) groups is 2. The van der Waals surface area contributed by atoms with Crippen LogP contribution in [0, 0.1) is 0 Å². The zero-order valence-corrected chi connectivity index (χ0v) is 29.5. The summed E-state index contributed by atoms with van der Waals surface area (Å²) in [5.41, 5.74) is 5.17. The highest BCUT2D eigenvalue weighted by Gasteiger charge is 2.19. The molecule has 0 N–H and O–H groups in total. The molecule has 0 aliphatic carbocycles. The fourth-order valence-electron chi connectivity index (χ4n) is 5.37. The van der Waals surface area contributed by atoms with Gasteiger partial charge < -0.3 is 14.2 Å². The summed E-state index contributed by atoms with van der Waals surface area (Å²) in [5, 5.41) is 0. The third-order valence-corrected chi connectivity index (χ3v) is 7.62. The molecule has 0 bridgehead atoms. The van der Waals surface area contributed by atoms with Crippen LogP contribution >= 0.6 is 0 Å². The van der Waals surface area contributed by atoms with Gasteiger partial charge in [-0.2, -0.15) is 0 Å². The van der Waals surface area contributed by atoms with Crippen molar-refractivity contribution in [2.75, 3.05) is 13.1 Å². The molecule has 4 aromatic carbocycles. The predicted molar refractivity (Wildman–Crippen MR) is 193 cm³/mol. The highest BCUT2D eigenvalue weighted by atomic mass is 16.6. The number of para-hydroxylation sites is 1. The van der Waals surface area contributed by atoms with Crippen molar-refractivity contribution in [1.82, 2.24) is 4.90 Å². The van der Waals surface area contributed by atoms with Crippen LogP contribution < -0.4 is 4.74 Å². The summed E-state index contributed by atoms with van der Waals surface area (Å²) >= 11 is 0. The standard InChI is InChI=1S/C42H51NO5/c1-41(2,3)47-39(44)21-12-13-27-43(30-33-15-14-19-37(29-33)40(45)48-42(4,5)6)28-26-36-18-10-11-20-38(36)46-31-32-22-24-35(25-23-32)34-16-8-7-9-17-34/h7-11,14-20,22-25,29H,12-13,21,26-28,30-31H2,1-6H3. The third-order valence-electron chi connectivity index (χ3n) is 7.62. The zero-order chi connectivity index (χ0) is 34.6. The topological polar surface area (TPSA) is 65.1 Å². The van der Waals surface area contributed by atoms with Crippen molar-refractivity contribution in [1.29, 1.82) is 0 Å². The number of nitrogens with zero attached hydrogens (tertiary/aromatic N) is 1. The summed E-state index contributed by atoms with van der Waals surface area (Å²) in [6.45, 7) is 14.0. The van der Waals surface area contributed by atoms with E-state index < -0.39 is 11.2 Å². The first-order valence-corrected chi connectivity index (χ1v) is 17.0. The summed E-state index contributed by atoms with van der Waals surface area (Å²) in [5.74, 6) is 0.385. The number of rotatable bonds is 15. The van der Waals surface area contributed by atoms with Crippen molar-refractivity contribution in [3.63, 3.8) is 0 Å². The van der Waals surface area contributed by atoms with Gasteiger partial charge >= 0.3 is 11.9 Å². The van der Waals surface area contributed by atoms with E-state index in [0.29, 0.717) is 25.1 Å². The van der Waals surface area contributed by atoms with Crippen LogP contribution in [0.4, 0.5) is 0 Å². The van der Waals surface area contributed by atoms with Gasteiger partial charge in [0.2, 0.25) is 0 Å². The molecular weight excluding hydrogens is 598 g/mol. The Morgan fingerprint density at radius 2 is 1.31 bits per heavy atom. The minimum absolute atomic E-state index is 0.167. The van der Waals surface area contributed by atoms with E-state index >= 15 is 0 Å². The van der Waals surface area contributed by atoms with Crippen LogP contribution in [-0.2, 0) is 33.8 Å². The molecular formula is C42H51NO5. The summed E-state index contributed by atoms with van der Waals surface area (Å²) < 4.78 is 17.5. The summed E-state index contributed by atoms with van der Waals surface area (Å²) in [6, 6.07) is 34.8. The molecule has 0 unspecified atom stereocenters. The Bertz CT molecular complexity index is 1600. The van der Waals surface area contributed by atoms with Crippen molar-refractivity contribution < 1.29 is 23.8 Å². The van der Waals surface area contributed by atoms with E-state index in [1.807, 2.05) is 84.0 Å². The Morgan fingerprint density at radius 1 is 0.646 bits per heavy atom. The van der Waals surface area contributed by atoms with E-state index in [1.54, 1.807) is 6.07 Å². The van der Waals surface area contributed by atoms with Gasteiger partial charge in [-0.25, -0.2) is 4.79 Å². The Kier molecular flexibility index (Phi) is 13.0. The van der Waals surface area contributed by atoms with E-state index in [9.17, 15) is 9.59 Å². The molecule has 48 heavy (non-hydrogen) atoms. The fourth-order valence-corrected chi connectivity index (χ4v) is 5.37. The molecule has 0 aromatic heterocycles. The number of unbranched alkanes of at least 4 members (excludes halogenated alkanes) is 1. The summed E-state index contributed by atoms with van der Waals surface area (Å²) in [6.07, 6.45) is 2.78. The summed E-state index contributed by atoms with van der Waals surface area (Å²) in [4.78, 5) is 27.4. The van der Waals surface area contributed by atoms with Crippen molar-refractivity contribution in [2.45, 2.75) is 91.6 Å². The first-order valence-electron chi connectivity index (χ1n) is 17.0. The molecule has 0 heterocycles. The molecule has 0 amide bonds. The van der Waals surface area contributed by atoms with Gasteiger partial charge in [-0.15, -0.1) is 0 Å². The van der Waals surface area contributed by atoms with Crippen LogP contribution in [0.3, 0.4) is 0 Å². The van der Waals surface area contributed by atoms with Crippen molar-refractivity contribution >= 4 is 11.9 Å². The Balaban J connectivity index is 1.40. The first-order chi connectivity index (χ1) is 22.8. The maximum atomic E-state index is 12.8. The normalized spacial score (nSPS) is 11.7. The van der Waals surface area contributed by atoms with E-state index in [0.717, 1.165) is 54.8 Å². The minimum atomic E-state index is -0.561. The van der Waals surface area contributed by atoms with Gasteiger partial charge in [0.25, 0.3) is 0 Å². The highest BCUT2D eigenvalue weighted by molar-refractivity contribution is 5.89. The van der Waals surface area contributed by atoms with Crippen LogP contribution in [0.2, 0.25) is 0 Å². The van der Waals surface area contributed by atoms with E-state index in [-0.39, 0.29) is 11.9 Å². The van der Waals surface area contributed by atoms with Crippen molar-refractivity contribution in [2.24, 2.45) is 0 Å². The van der Waals surface area contributed by atoms with Crippen LogP contribution in [0.25, 0.3) is 11.1 Å². The lowest BCUT2D eigenvalue weighted by Gasteiger charge is -2.24. The quantitative estimate of drug-likeness (QED) is 0.0944. The second kappa shape index (κ2) is 17.1. The number of hydrogen-bond acceptors (Lipinski definition) is 6. The van der Waals surface area contributed by atoms with Crippen molar-refractivity contribution in [3.05, 3.63) is 125 Å². The van der Waals surface area contributed by atoms with Crippen LogP contribution in [-0.4, -0.2) is 41.1 Å². The maximum Gasteiger partial charge on any atom is 0.338 e. The largest absolute Gasteiger partial charge is 0.489 e. The Morgan fingerprint density at radius 3 is 2.02 bits per heavy atom. The van der Waals surface area contributed by atoms with E-state index in [1.165, 1.54) is 11.1 Å². The monoisotopic (exact) mass is 649 g/mol. The molecule has 0 spiro atoms. The second-order valence-electron chi connectivity index (χ2n) is 14.2. The van der Waals surface area contributed by atoms with Gasteiger partial charge in [-0.3, -0.25) is 9.69 Å². The SMILES string of the molecule is CC(C)(C)OC(=O)CCCCN(CCc1ccccc1OCc1ccc(-c2ccccc2)cc1)Cc1cccc(C(=O)OC(C)(C)C)c1. The molecule has 4 rings (SSSR count). The zero-order valence-electron chi connectivity index (χ0n) is 29.5.